The summed E-state index contributed by atoms with van der Waals surface area (Å²) in [6.45, 7) is 2.06. The van der Waals surface area contributed by atoms with Crippen LogP contribution >= 0.6 is 11.6 Å². The Morgan fingerprint density at radius 1 is 1.54 bits per heavy atom. The van der Waals surface area contributed by atoms with Crippen LogP contribution < -0.4 is 15.7 Å². The normalized spacial score (nSPS) is 10.8. The van der Waals surface area contributed by atoms with Gasteiger partial charge in [-0.3, -0.25) is 20.3 Å². The molecule has 0 amide bonds. The Morgan fingerprint density at radius 2 is 2.29 bits per heavy atom. The molecule has 0 aliphatic heterocycles. The fraction of sp³-hybridized carbons (Fsp3) is 0.214. The molecule has 1 heterocycles. The molecule has 1 N–H and O–H groups in total. The molecule has 0 aliphatic carbocycles. The third kappa shape index (κ3) is 3.87. The quantitative estimate of drug-likeness (QED) is 0.485. The minimum absolute atomic E-state index is 0.0534. The van der Waals surface area contributed by atoms with Crippen LogP contribution in [0.2, 0.25) is 5.02 Å². The average Bonchev–Trinajstić information content (AvgIpc) is 2.56. The average molecular weight is 352 g/mol. The van der Waals surface area contributed by atoms with Crippen molar-refractivity contribution in [2.75, 3.05) is 12.0 Å². The second-order valence-electron chi connectivity index (χ2n) is 4.59. The predicted octanol–water partition coefficient (Wildman–Crippen LogP) is 2.19. The van der Waals surface area contributed by atoms with Crippen molar-refractivity contribution >= 4 is 29.2 Å². The summed E-state index contributed by atoms with van der Waals surface area (Å²) in [5.74, 6) is 0.186. The Labute approximate surface area is 141 Å². The van der Waals surface area contributed by atoms with Crippen molar-refractivity contribution in [3.8, 4) is 5.75 Å². The van der Waals surface area contributed by atoms with E-state index in [0.717, 1.165) is 4.68 Å². The Kier molecular flexibility index (Phi) is 5.48. The van der Waals surface area contributed by atoms with Crippen molar-refractivity contribution in [3.63, 3.8) is 0 Å². The van der Waals surface area contributed by atoms with Crippen LogP contribution in [0.15, 0.2) is 34.3 Å². The zero-order valence-electron chi connectivity index (χ0n) is 12.9. The van der Waals surface area contributed by atoms with Gasteiger partial charge in [-0.05, 0) is 19.1 Å². The first-order valence-corrected chi connectivity index (χ1v) is 7.24. The van der Waals surface area contributed by atoms with Gasteiger partial charge in [-0.1, -0.05) is 11.6 Å². The van der Waals surface area contributed by atoms with Crippen LogP contribution in [-0.4, -0.2) is 27.5 Å². The number of nitro groups is 1. The molecule has 2 aromatic rings. The lowest BCUT2D eigenvalue weighted by molar-refractivity contribution is -0.385. The number of hydrogen-bond acceptors (Lipinski definition) is 7. The van der Waals surface area contributed by atoms with E-state index in [1.54, 1.807) is 13.0 Å². The monoisotopic (exact) mass is 351 g/mol. The zero-order chi connectivity index (χ0) is 17.7. The molecule has 126 valence electrons. The Morgan fingerprint density at radius 3 is 2.96 bits per heavy atom. The first kappa shape index (κ1) is 17.4. The number of nitrogens with one attached hydrogen (secondary N) is 1. The molecule has 0 saturated carbocycles. The minimum atomic E-state index is -0.530. The maximum absolute atomic E-state index is 11.6. The molecular weight excluding hydrogens is 338 g/mol. The first-order chi connectivity index (χ1) is 11.4. The molecule has 0 spiro atoms. The fourth-order valence-electron chi connectivity index (χ4n) is 1.80. The lowest BCUT2D eigenvalue weighted by Gasteiger charge is -2.05. The molecule has 9 nitrogen and oxygen atoms in total. The highest BCUT2D eigenvalue weighted by atomic mass is 35.5. The summed E-state index contributed by atoms with van der Waals surface area (Å²) in [5, 5.41) is 18.7. The Balaban J connectivity index is 2.21. The Bertz CT molecular complexity index is 850. The van der Waals surface area contributed by atoms with Gasteiger partial charge in [0.15, 0.2) is 5.75 Å². The predicted molar refractivity (Wildman–Crippen MR) is 90.0 cm³/mol. The van der Waals surface area contributed by atoms with Crippen molar-refractivity contribution < 1.29 is 9.66 Å². The number of nitrogens with zero attached hydrogens (tertiary/aromatic N) is 4. The summed E-state index contributed by atoms with van der Waals surface area (Å²) in [4.78, 5) is 22.2. The molecule has 1 aromatic heterocycles. The maximum atomic E-state index is 11.6. The molecule has 0 bridgehead atoms. The second-order valence-corrected chi connectivity index (χ2v) is 4.97. The molecule has 0 saturated heterocycles. The van der Waals surface area contributed by atoms with Gasteiger partial charge in [-0.25, -0.2) is 4.68 Å². The smallest absolute Gasteiger partial charge is 0.311 e. The highest BCUT2D eigenvalue weighted by Gasteiger charge is 2.15. The SMILES string of the molecule is CCOc1ccc(/C=N\Nc2cnn(C)c(=O)c2Cl)cc1[N+](=O)[O-]. The number of benzene rings is 1. The van der Waals surface area contributed by atoms with Crippen LogP contribution in [-0.2, 0) is 7.05 Å². The summed E-state index contributed by atoms with van der Waals surface area (Å²) >= 11 is 5.89. The zero-order valence-corrected chi connectivity index (χ0v) is 13.6. The topological polar surface area (TPSA) is 112 Å². The molecule has 0 unspecified atom stereocenters. The third-order valence-electron chi connectivity index (χ3n) is 2.96. The van der Waals surface area contributed by atoms with Gasteiger partial charge in [0.25, 0.3) is 5.56 Å². The molecule has 0 fully saturated rings. The van der Waals surface area contributed by atoms with E-state index in [9.17, 15) is 14.9 Å². The number of anilines is 1. The lowest BCUT2D eigenvalue weighted by Crippen LogP contribution is -2.20. The van der Waals surface area contributed by atoms with Crippen LogP contribution in [0, 0.1) is 10.1 Å². The number of ether oxygens (including phenoxy) is 1. The molecule has 24 heavy (non-hydrogen) atoms. The number of hydrazone groups is 1. The van der Waals surface area contributed by atoms with Gasteiger partial charge in [0, 0.05) is 18.7 Å². The molecule has 0 atom stereocenters. The summed E-state index contributed by atoms with van der Waals surface area (Å²) in [6, 6.07) is 4.45. The number of hydrogen-bond donors (Lipinski definition) is 1. The summed E-state index contributed by atoms with van der Waals surface area (Å²) in [6.07, 6.45) is 2.71. The van der Waals surface area contributed by atoms with E-state index in [2.05, 4.69) is 15.6 Å². The van der Waals surface area contributed by atoms with Crippen molar-refractivity contribution in [1.29, 1.82) is 0 Å². The largest absolute Gasteiger partial charge is 0.487 e. The van der Waals surface area contributed by atoms with E-state index in [1.807, 2.05) is 0 Å². The van der Waals surface area contributed by atoms with Gasteiger partial charge >= 0.3 is 5.69 Å². The first-order valence-electron chi connectivity index (χ1n) is 6.86. The lowest BCUT2D eigenvalue weighted by atomic mass is 10.2. The highest BCUT2D eigenvalue weighted by molar-refractivity contribution is 6.32. The molecule has 10 heteroatoms. The van der Waals surface area contributed by atoms with E-state index >= 15 is 0 Å². The van der Waals surface area contributed by atoms with Crippen molar-refractivity contribution in [2.45, 2.75) is 6.92 Å². The van der Waals surface area contributed by atoms with Crippen LogP contribution in [0.3, 0.4) is 0 Å². The van der Waals surface area contributed by atoms with E-state index in [-0.39, 0.29) is 22.1 Å². The van der Waals surface area contributed by atoms with E-state index < -0.39 is 10.5 Å². The van der Waals surface area contributed by atoms with E-state index in [0.29, 0.717) is 12.2 Å². The van der Waals surface area contributed by atoms with Gasteiger partial charge in [0.1, 0.15) is 10.7 Å². The van der Waals surface area contributed by atoms with Gasteiger partial charge in [0.2, 0.25) is 0 Å². The fourth-order valence-corrected chi connectivity index (χ4v) is 2.01. The second kappa shape index (κ2) is 7.55. The van der Waals surface area contributed by atoms with Gasteiger partial charge in [0.05, 0.1) is 23.9 Å². The summed E-state index contributed by atoms with van der Waals surface area (Å²) in [5.41, 5.74) is 2.67. The number of aryl methyl sites for hydroxylation is 1. The molecule has 1 aromatic carbocycles. The standard InChI is InChI=1S/C14H14ClN5O4/c1-3-24-12-5-4-9(6-11(12)20(22)23)7-16-18-10-8-17-19(2)14(21)13(10)15/h4-8,18H,3H2,1-2H3/b16-7-. The van der Waals surface area contributed by atoms with E-state index in [4.69, 9.17) is 16.3 Å². The third-order valence-corrected chi connectivity index (χ3v) is 3.32. The van der Waals surface area contributed by atoms with Crippen LogP contribution in [0.1, 0.15) is 12.5 Å². The molecule has 0 aliphatic rings. The Hall–Kier alpha value is -2.94. The minimum Gasteiger partial charge on any atom is -0.487 e. The molecular formula is C14H14ClN5O4. The maximum Gasteiger partial charge on any atom is 0.311 e. The number of halogens is 1. The van der Waals surface area contributed by atoms with E-state index in [1.165, 1.54) is 31.6 Å². The number of rotatable bonds is 6. The van der Waals surface area contributed by atoms with Gasteiger partial charge in [-0.2, -0.15) is 10.2 Å². The van der Waals surface area contributed by atoms with Crippen LogP contribution in [0.5, 0.6) is 5.75 Å². The molecule has 0 radical (unpaired) electrons. The van der Waals surface area contributed by atoms with Crippen molar-refractivity contribution in [2.24, 2.45) is 12.1 Å². The van der Waals surface area contributed by atoms with Gasteiger partial charge < -0.3 is 4.74 Å². The van der Waals surface area contributed by atoms with Gasteiger partial charge in [-0.15, -0.1) is 0 Å². The summed E-state index contributed by atoms with van der Waals surface area (Å²) in [7, 11) is 1.47. The molecule has 2 rings (SSSR count). The number of aromatic nitrogens is 2. The highest BCUT2D eigenvalue weighted by Crippen LogP contribution is 2.27. The van der Waals surface area contributed by atoms with Crippen molar-refractivity contribution in [3.05, 3.63) is 55.5 Å². The number of nitro benzene ring substituents is 1. The van der Waals surface area contributed by atoms with Crippen LogP contribution in [0.4, 0.5) is 11.4 Å². The van der Waals surface area contributed by atoms with Crippen molar-refractivity contribution in [1.82, 2.24) is 9.78 Å². The summed E-state index contributed by atoms with van der Waals surface area (Å²) < 4.78 is 6.29. The van der Waals surface area contributed by atoms with Crippen LogP contribution in [0.25, 0.3) is 0 Å².